The molecule has 0 aromatic heterocycles. The smallest absolute Gasteiger partial charge is 0.330 e. The molecule has 0 fully saturated rings. The van der Waals surface area contributed by atoms with Gasteiger partial charge >= 0.3 is 7.60 Å². The van der Waals surface area contributed by atoms with Crippen molar-refractivity contribution in [3.63, 3.8) is 0 Å². The molecule has 5 heteroatoms. The summed E-state index contributed by atoms with van der Waals surface area (Å²) in [4.78, 5) is 0. The maximum Gasteiger partial charge on any atom is 0.330 e. The molecule has 0 saturated carbocycles. The van der Waals surface area contributed by atoms with Gasteiger partial charge in [0.05, 0.1) is 19.4 Å². The second kappa shape index (κ2) is 14.5. The minimum atomic E-state index is -2.96. The third kappa shape index (κ3) is 13.1. The lowest BCUT2D eigenvalue weighted by Gasteiger charge is -2.23. The van der Waals surface area contributed by atoms with Crippen LogP contribution in [0.2, 0.25) is 0 Å². The van der Waals surface area contributed by atoms with Crippen LogP contribution in [0.4, 0.5) is 0 Å². The Kier molecular flexibility index (Phi) is 14.5. The quantitative estimate of drug-likeness (QED) is 0.257. The normalized spacial score (nSPS) is 15.7. The highest BCUT2D eigenvalue weighted by atomic mass is 31.2. The number of hydrogen-bond acceptors (Lipinski definition) is 4. The van der Waals surface area contributed by atoms with Crippen LogP contribution in [-0.2, 0) is 18.3 Å². The largest absolute Gasteiger partial charge is 0.385 e. The first-order valence-electron chi connectivity index (χ1n) is 9.34. The molecule has 0 aliphatic carbocycles. The molecule has 0 rings (SSSR count). The van der Waals surface area contributed by atoms with Crippen molar-refractivity contribution in [1.82, 2.24) is 0 Å². The highest BCUT2D eigenvalue weighted by Gasteiger charge is 2.26. The summed E-state index contributed by atoms with van der Waals surface area (Å²) < 4.78 is 29.6. The van der Waals surface area contributed by atoms with E-state index in [2.05, 4.69) is 27.7 Å². The first-order valence-corrected chi connectivity index (χ1v) is 11.1. The summed E-state index contributed by atoms with van der Waals surface area (Å²) in [6.45, 7) is 10.2. The first-order chi connectivity index (χ1) is 11.0. The monoisotopic (exact) mass is 350 g/mol. The average Bonchev–Trinajstić information content (AvgIpc) is 2.53. The standard InChI is InChI=1S/C18H39O4P/c1-6-8-10-11-18(12-13-20-5)16-22-23(19,14-9-7-2)21-15-17(3)4/h17-18H,6-16H2,1-5H3. The zero-order valence-corrected chi connectivity index (χ0v) is 16.9. The molecule has 0 heterocycles. The van der Waals surface area contributed by atoms with E-state index in [1.165, 1.54) is 19.3 Å². The zero-order valence-electron chi connectivity index (χ0n) is 16.0. The second-order valence-electron chi connectivity index (χ2n) is 6.82. The van der Waals surface area contributed by atoms with Crippen molar-refractivity contribution in [2.45, 2.75) is 72.6 Å². The fraction of sp³-hybridized carbons (Fsp3) is 1.00. The molecule has 0 aliphatic rings. The third-order valence-electron chi connectivity index (χ3n) is 3.84. The van der Waals surface area contributed by atoms with Crippen LogP contribution in [-0.4, -0.2) is 33.1 Å². The highest BCUT2D eigenvalue weighted by Crippen LogP contribution is 2.50. The van der Waals surface area contributed by atoms with E-state index in [0.29, 0.717) is 31.2 Å². The van der Waals surface area contributed by atoms with Gasteiger partial charge < -0.3 is 13.8 Å². The molecule has 2 unspecified atom stereocenters. The Balaban J connectivity index is 4.49. The molecule has 0 aromatic rings. The first kappa shape index (κ1) is 23.1. The zero-order chi connectivity index (χ0) is 17.6. The summed E-state index contributed by atoms with van der Waals surface area (Å²) in [5.74, 6) is 0.765. The molecule has 4 nitrogen and oxygen atoms in total. The summed E-state index contributed by atoms with van der Waals surface area (Å²) in [6.07, 6.45) is 8.12. The van der Waals surface area contributed by atoms with Gasteiger partial charge in [0.15, 0.2) is 0 Å². The predicted octanol–water partition coefficient (Wildman–Crippen LogP) is 5.90. The van der Waals surface area contributed by atoms with Crippen LogP contribution >= 0.6 is 7.60 Å². The third-order valence-corrected chi connectivity index (χ3v) is 5.79. The number of methoxy groups -OCH3 is 1. The van der Waals surface area contributed by atoms with E-state index in [1.54, 1.807) is 7.11 Å². The maximum absolute atomic E-state index is 12.9. The Morgan fingerprint density at radius 3 is 2.13 bits per heavy atom. The van der Waals surface area contributed by atoms with Crippen molar-refractivity contribution in [2.24, 2.45) is 11.8 Å². The lowest BCUT2D eigenvalue weighted by atomic mass is 9.99. The Morgan fingerprint density at radius 1 is 0.913 bits per heavy atom. The lowest BCUT2D eigenvalue weighted by molar-refractivity contribution is 0.130. The summed E-state index contributed by atoms with van der Waals surface area (Å²) in [6, 6.07) is 0. The predicted molar refractivity (Wildman–Crippen MR) is 98.2 cm³/mol. The van der Waals surface area contributed by atoms with Gasteiger partial charge in [0.1, 0.15) is 0 Å². The van der Waals surface area contributed by atoms with E-state index in [0.717, 1.165) is 32.3 Å². The maximum atomic E-state index is 12.9. The Labute approximate surface area is 144 Å². The summed E-state index contributed by atoms with van der Waals surface area (Å²) in [5, 5.41) is 0. The number of hydrogen-bond donors (Lipinski definition) is 0. The van der Waals surface area contributed by atoms with E-state index in [1.807, 2.05) is 0 Å². The molecule has 0 spiro atoms. The highest BCUT2D eigenvalue weighted by molar-refractivity contribution is 7.53. The van der Waals surface area contributed by atoms with E-state index in [9.17, 15) is 4.57 Å². The summed E-state index contributed by atoms with van der Waals surface area (Å²) in [7, 11) is -1.23. The van der Waals surface area contributed by atoms with Crippen molar-refractivity contribution < 1.29 is 18.3 Å². The molecule has 0 saturated heterocycles. The van der Waals surface area contributed by atoms with Crippen LogP contribution in [0.5, 0.6) is 0 Å². The average molecular weight is 350 g/mol. The summed E-state index contributed by atoms with van der Waals surface area (Å²) in [5.41, 5.74) is 0. The number of unbranched alkanes of at least 4 members (excludes halogenated alkanes) is 3. The molecule has 0 bridgehead atoms. The molecule has 0 aromatic carbocycles. The molecular formula is C18H39O4P. The van der Waals surface area contributed by atoms with E-state index < -0.39 is 7.60 Å². The van der Waals surface area contributed by atoms with Crippen LogP contribution in [0.1, 0.15) is 72.6 Å². The van der Waals surface area contributed by atoms with Crippen molar-refractivity contribution in [2.75, 3.05) is 33.1 Å². The van der Waals surface area contributed by atoms with Gasteiger partial charge in [-0.25, -0.2) is 0 Å². The Hall–Kier alpha value is 0.110. The molecule has 140 valence electrons. The van der Waals surface area contributed by atoms with Gasteiger partial charge in [-0.3, -0.25) is 4.57 Å². The van der Waals surface area contributed by atoms with Crippen LogP contribution in [0.15, 0.2) is 0 Å². The van der Waals surface area contributed by atoms with Crippen molar-refractivity contribution in [3.8, 4) is 0 Å². The number of ether oxygens (including phenoxy) is 1. The van der Waals surface area contributed by atoms with Crippen LogP contribution in [0, 0.1) is 11.8 Å². The molecule has 23 heavy (non-hydrogen) atoms. The van der Waals surface area contributed by atoms with Gasteiger partial charge in [-0.1, -0.05) is 53.4 Å². The fourth-order valence-electron chi connectivity index (χ4n) is 2.28. The van der Waals surface area contributed by atoms with Crippen LogP contribution in [0.3, 0.4) is 0 Å². The van der Waals surface area contributed by atoms with Gasteiger partial charge in [0, 0.05) is 13.7 Å². The lowest BCUT2D eigenvalue weighted by Crippen LogP contribution is -2.14. The van der Waals surface area contributed by atoms with Crippen LogP contribution in [0.25, 0.3) is 0 Å². The van der Waals surface area contributed by atoms with Crippen LogP contribution < -0.4 is 0 Å². The van der Waals surface area contributed by atoms with Crippen molar-refractivity contribution >= 4 is 7.60 Å². The minimum Gasteiger partial charge on any atom is -0.385 e. The summed E-state index contributed by atoms with van der Waals surface area (Å²) >= 11 is 0. The molecule has 0 aliphatic heterocycles. The van der Waals surface area contributed by atoms with Gasteiger partial charge in [0.25, 0.3) is 0 Å². The molecular weight excluding hydrogens is 311 g/mol. The molecule has 2 atom stereocenters. The van der Waals surface area contributed by atoms with Gasteiger partial charge in [0.2, 0.25) is 0 Å². The molecule has 0 radical (unpaired) electrons. The number of rotatable bonds is 16. The van der Waals surface area contributed by atoms with Crippen molar-refractivity contribution in [1.29, 1.82) is 0 Å². The van der Waals surface area contributed by atoms with Gasteiger partial charge in [-0.2, -0.15) is 0 Å². The SMILES string of the molecule is CCCCCC(CCOC)COP(=O)(CCCC)OCC(C)C. The van der Waals surface area contributed by atoms with Gasteiger partial charge in [-0.15, -0.1) is 0 Å². The minimum absolute atomic E-state index is 0.363. The van der Waals surface area contributed by atoms with E-state index in [4.69, 9.17) is 13.8 Å². The second-order valence-corrected chi connectivity index (χ2v) is 9.00. The van der Waals surface area contributed by atoms with Gasteiger partial charge in [-0.05, 0) is 31.1 Å². The van der Waals surface area contributed by atoms with Crippen molar-refractivity contribution in [3.05, 3.63) is 0 Å². The van der Waals surface area contributed by atoms with E-state index in [-0.39, 0.29) is 0 Å². The Bertz CT molecular complexity index is 307. The molecule has 0 amide bonds. The fourth-order valence-corrected chi connectivity index (χ4v) is 4.28. The topological polar surface area (TPSA) is 44.8 Å². The Morgan fingerprint density at radius 2 is 1.57 bits per heavy atom. The van der Waals surface area contributed by atoms with E-state index >= 15 is 0 Å². The molecule has 0 N–H and O–H groups in total.